The van der Waals surface area contributed by atoms with Crippen LogP contribution in [0.5, 0.6) is 11.5 Å². The number of methoxy groups -OCH3 is 2. The van der Waals surface area contributed by atoms with Crippen molar-refractivity contribution in [1.29, 1.82) is 0 Å². The third kappa shape index (κ3) is 3.74. The molecule has 2 atom stereocenters. The van der Waals surface area contributed by atoms with Gasteiger partial charge in [-0.15, -0.1) is 0 Å². The van der Waals surface area contributed by atoms with E-state index in [1.165, 1.54) is 6.07 Å². The Morgan fingerprint density at radius 2 is 1.81 bits per heavy atom. The fourth-order valence-electron chi connectivity index (χ4n) is 3.40. The van der Waals surface area contributed by atoms with Gasteiger partial charge >= 0.3 is 5.97 Å². The van der Waals surface area contributed by atoms with Crippen LogP contribution in [-0.2, 0) is 4.79 Å². The first-order valence-electron chi connectivity index (χ1n) is 8.73. The molecular weight excluding hydrogens is 346 g/mol. The molecule has 6 heteroatoms. The average Bonchev–Trinajstić information content (AvgIpc) is 3.43. The summed E-state index contributed by atoms with van der Waals surface area (Å²) in [7, 11) is 3.20. The van der Waals surface area contributed by atoms with Crippen molar-refractivity contribution in [2.75, 3.05) is 19.5 Å². The standard InChI is InChI=1S/C21H23NO5/c1-11-7-12(2)18(10-14(11)21(24)25)22-20(23)17-9-15(17)16-8-13(26-3)5-6-19(16)27-4/h5-8,10,15,17H,9H2,1-4H3,(H,22,23)(H,24,25). The molecule has 0 bridgehead atoms. The lowest BCUT2D eigenvalue weighted by atomic mass is 10.0. The summed E-state index contributed by atoms with van der Waals surface area (Å²) in [5.74, 6) is 0.203. The van der Waals surface area contributed by atoms with Crippen LogP contribution in [-0.4, -0.2) is 31.2 Å². The van der Waals surface area contributed by atoms with Crippen LogP contribution in [0.25, 0.3) is 0 Å². The van der Waals surface area contributed by atoms with E-state index in [0.29, 0.717) is 17.7 Å². The predicted octanol–water partition coefficient (Wildman–Crippen LogP) is 3.76. The molecule has 142 valence electrons. The number of carboxylic acids is 1. The molecule has 2 aromatic carbocycles. The second-order valence-electron chi connectivity index (χ2n) is 6.83. The summed E-state index contributed by atoms with van der Waals surface area (Å²) in [5, 5.41) is 12.2. The maximum absolute atomic E-state index is 12.7. The van der Waals surface area contributed by atoms with E-state index in [9.17, 15) is 14.7 Å². The maximum Gasteiger partial charge on any atom is 0.336 e. The molecule has 1 amide bonds. The molecule has 1 fully saturated rings. The van der Waals surface area contributed by atoms with Crippen molar-refractivity contribution in [3.8, 4) is 11.5 Å². The van der Waals surface area contributed by atoms with Crippen LogP contribution in [0.1, 0.15) is 39.4 Å². The van der Waals surface area contributed by atoms with Crippen molar-refractivity contribution >= 4 is 17.6 Å². The van der Waals surface area contributed by atoms with Crippen LogP contribution in [0.3, 0.4) is 0 Å². The van der Waals surface area contributed by atoms with E-state index >= 15 is 0 Å². The quantitative estimate of drug-likeness (QED) is 0.810. The Labute approximate surface area is 158 Å². The Hall–Kier alpha value is -3.02. The third-order valence-corrected chi connectivity index (χ3v) is 5.02. The number of benzene rings is 2. The first kappa shape index (κ1) is 18.8. The van der Waals surface area contributed by atoms with Gasteiger partial charge in [0.05, 0.1) is 19.8 Å². The van der Waals surface area contributed by atoms with Crippen molar-refractivity contribution in [2.45, 2.75) is 26.2 Å². The van der Waals surface area contributed by atoms with E-state index in [0.717, 1.165) is 22.6 Å². The minimum atomic E-state index is -1.01. The zero-order valence-electron chi connectivity index (χ0n) is 15.8. The van der Waals surface area contributed by atoms with Crippen LogP contribution >= 0.6 is 0 Å². The molecule has 2 unspecified atom stereocenters. The average molecular weight is 369 g/mol. The molecule has 27 heavy (non-hydrogen) atoms. The first-order valence-corrected chi connectivity index (χ1v) is 8.73. The fraction of sp³-hybridized carbons (Fsp3) is 0.333. The normalized spacial score (nSPS) is 17.9. The number of carboxylic acid groups (broad SMARTS) is 1. The van der Waals surface area contributed by atoms with Gasteiger partial charge in [0.25, 0.3) is 0 Å². The highest BCUT2D eigenvalue weighted by atomic mass is 16.5. The van der Waals surface area contributed by atoms with Crippen LogP contribution in [0.4, 0.5) is 5.69 Å². The molecule has 0 heterocycles. The van der Waals surface area contributed by atoms with Gasteiger partial charge in [-0.2, -0.15) is 0 Å². The van der Waals surface area contributed by atoms with Crippen molar-refractivity contribution < 1.29 is 24.2 Å². The largest absolute Gasteiger partial charge is 0.497 e. The van der Waals surface area contributed by atoms with Gasteiger partial charge in [0.2, 0.25) is 5.91 Å². The van der Waals surface area contributed by atoms with Gasteiger partial charge in [-0.25, -0.2) is 4.79 Å². The molecule has 0 radical (unpaired) electrons. The van der Waals surface area contributed by atoms with Gasteiger partial charge in [-0.3, -0.25) is 4.79 Å². The van der Waals surface area contributed by atoms with E-state index in [1.807, 2.05) is 25.1 Å². The Balaban J connectivity index is 1.78. The number of aryl methyl sites for hydroxylation is 2. The lowest BCUT2D eigenvalue weighted by Gasteiger charge is -2.12. The number of amides is 1. The minimum absolute atomic E-state index is 0.0553. The lowest BCUT2D eigenvalue weighted by molar-refractivity contribution is -0.117. The number of carbonyl (C=O) groups is 2. The highest BCUT2D eigenvalue weighted by molar-refractivity contribution is 5.98. The SMILES string of the molecule is COc1ccc(OC)c(C2CC2C(=O)Nc2cc(C(=O)O)c(C)cc2C)c1. The number of hydrogen-bond acceptors (Lipinski definition) is 4. The number of carbonyl (C=O) groups excluding carboxylic acids is 1. The fourth-order valence-corrected chi connectivity index (χ4v) is 3.40. The van der Waals surface area contributed by atoms with Crippen LogP contribution in [0, 0.1) is 19.8 Å². The summed E-state index contributed by atoms with van der Waals surface area (Å²) in [6.45, 7) is 3.59. The molecule has 1 saturated carbocycles. The number of ether oxygens (including phenoxy) is 2. The molecule has 6 nitrogen and oxygen atoms in total. The molecule has 2 aromatic rings. The van der Waals surface area contributed by atoms with Crippen molar-refractivity contribution in [1.82, 2.24) is 0 Å². The maximum atomic E-state index is 12.7. The Morgan fingerprint density at radius 1 is 1.07 bits per heavy atom. The molecule has 0 aromatic heterocycles. The lowest BCUT2D eigenvalue weighted by Crippen LogP contribution is -2.16. The summed E-state index contributed by atoms with van der Waals surface area (Å²) >= 11 is 0. The molecule has 1 aliphatic rings. The molecule has 0 spiro atoms. The molecule has 0 aliphatic heterocycles. The second kappa shape index (κ2) is 7.31. The summed E-state index contributed by atoms with van der Waals surface area (Å²) in [4.78, 5) is 24.0. The number of aromatic carboxylic acids is 1. The van der Waals surface area contributed by atoms with Gasteiger partial charge < -0.3 is 19.9 Å². The molecule has 1 aliphatic carbocycles. The van der Waals surface area contributed by atoms with E-state index in [2.05, 4.69) is 5.32 Å². The summed E-state index contributed by atoms with van der Waals surface area (Å²) in [6.07, 6.45) is 0.714. The first-order chi connectivity index (χ1) is 12.8. The van der Waals surface area contributed by atoms with Crippen molar-refractivity contribution in [3.05, 3.63) is 52.6 Å². The number of rotatable bonds is 6. The second-order valence-corrected chi connectivity index (χ2v) is 6.83. The third-order valence-electron chi connectivity index (χ3n) is 5.02. The van der Waals surface area contributed by atoms with E-state index in [-0.39, 0.29) is 23.3 Å². The summed E-state index contributed by atoms with van der Waals surface area (Å²) in [6, 6.07) is 8.85. The summed E-state index contributed by atoms with van der Waals surface area (Å²) < 4.78 is 10.7. The zero-order chi connectivity index (χ0) is 19.7. The van der Waals surface area contributed by atoms with Gasteiger partial charge in [0.15, 0.2) is 0 Å². The van der Waals surface area contributed by atoms with Gasteiger partial charge in [-0.05, 0) is 55.7 Å². The van der Waals surface area contributed by atoms with E-state index in [4.69, 9.17) is 9.47 Å². The van der Waals surface area contributed by atoms with E-state index in [1.54, 1.807) is 27.2 Å². The van der Waals surface area contributed by atoms with Crippen molar-refractivity contribution in [3.63, 3.8) is 0 Å². The van der Waals surface area contributed by atoms with Gasteiger partial charge in [0, 0.05) is 23.1 Å². The number of hydrogen-bond donors (Lipinski definition) is 2. The molecule has 2 N–H and O–H groups in total. The molecule has 3 rings (SSSR count). The Morgan fingerprint density at radius 3 is 2.44 bits per heavy atom. The van der Waals surface area contributed by atoms with E-state index < -0.39 is 5.97 Å². The predicted molar refractivity (Wildman–Crippen MR) is 102 cm³/mol. The highest BCUT2D eigenvalue weighted by Crippen LogP contribution is 2.51. The number of nitrogens with one attached hydrogen (secondary N) is 1. The monoisotopic (exact) mass is 369 g/mol. The smallest absolute Gasteiger partial charge is 0.336 e. The Kier molecular flexibility index (Phi) is 5.08. The van der Waals surface area contributed by atoms with Crippen LogP contribution in [0.2, 0.25) is 0 Å². The van der Waals surface area contributed by atoms with Crippen LogP contribution in [0.15, 0.2) is 30.3 Å². The van der Waals surface area contributed by atoms with Gasteiger partial charge in [-0.1, -0.05) is 6.07 Å². The highest BCUT2D eigenvalue weighted by Gasteiger charge is 2.45. The zero-order valence-corrected chi connectivity index (χ0v) is 15.8. The Bertz CT molecular complexity index is 906. The minimum Gasteiger partial charge on any atom is -0.497 e. The topological polar surface area (TPSA) is 84.9 Å². The van der Waals surface area contributed by atoms with Crippen LogP contribution < -0.4 is 14.8 Å². The van der Waals surface area contributed by atoms with Gasteiger partial charge in [0.1, 0.15) is 11.5 Å². The van der Waals surface area contributed by atoms with Crippen molar-refractivity contribution in [2.24, 2.45) is 5.92 Å². The molecular formula is C21H23NO5. The summed E-state index contributed by atoms with van der Waals surface area (Å²) in [5.41, 5.74) is 3.18. The molecule has 0 saturated heterocycles. The number of anilines is 1.